The Bertz CT molecular complexity index is 303. The van der Waals surface area contributed by atoms with Crippen LogP contribution in [0.15, 0.2) is 0 Å². The van der Waals surface area contributed by atoms with Crippen molar-refractivity contribution >= 4 is 9.84 Å². The van der Waals surface area contributed by atoms with Crippen molar-refractivity contribution < 1.29 is 8.42 Å². The highest BCUT2D eigenvalue weighted by atomic mass is 32.2. The molecule has 1 aliphatic rings. The summed E-state index contributed by atoms with van der Waals surface area (Å²) in [6.07, 6.45) is 10.0. The normalized spacial score (nSPS) is 21.8. The third-order valence-electron chi connectivity index (χ3n) is 3.92. The van der Waals surface area contributed by atoms with E-state index >= 15 is 0 Å². The highest BCUT2D eigenvalue weighted by Gasteiger charge is 2.25. The maximum absolute atomic E-state index is 11.4. The molecule has 0 aromatic heterocycles. The van der Waals surface area contributed by atoms with Gasteiger partial charge in [-0.1, -0.05) is 39.0 Å². The minimum atomic E-state index is -2.82. The molecule has 3 nitrogen and oxygen atoms in total. The first kappa shape index (κ1) is 15.0. The zero-order valence-electron chi connectivity index (χ0n) is 11.1. The van der Waals surface area contributed by atoms with Gasteiger partial charge in [-0.15, -0.1) is 0 Å². The van der Waals surface area contributed by atoms with E-state index in [1.54, 1.807) is 6.92 Å². The minimum absolute atomic E-state index is 0.0936. The minimum Gasteiger partial charge on any atom is -0.325 e. The molecule has 0 radical (unpaired) electrons. The van der Waals surface area contributed by atoms with E-state index in [-0.39, 0.29) is 11.3 Å². The number of nitrogens with two attached hydrogens (primary N) is 1. The monoisotopic (exact) mass is 261 g/mol. The van der Waals surface area contributed by atoms with Gasteiger partial charge in [0.15, 0.2) is 0 Å². The van der Waals surface area contributed by atoms with Gasteiger partial charge in [-0.05, 0) is 25.7 Å². The molecule has 0 amide bonds. The highest BCUT2D eigenvalue weighted by Crippen LogP contribution is 2.28. The van der Waals surface area contributed by atoms with E-state index in [0.717, 1.165) is 25.7 Å². The van der Waals surface area contributed by atoms with Gasteiger partial charge in [-0.3, -0.25) is 0 Å². The quantitative estimate of drug-likeness (QED) is 0.827. The van der Waals surface area contributed by atoms with E-state index in [0.29, 0.717) is 5.75 Å². The molecule has 0 unspecified atom stereocenters. The van der Waals surface area contributed by atoms with Crippen LogP contribution in [-0.2, 0) is 9.84 Å². The van der Waals surface area contributed by atoms with Gasteiger partial charge in [0.1, 0.15) is 9.84 Å². The summed E-state index contributed by atoms with van der Waals surface area (Å²) in [5.41, 5.74) is 6.31. The second kappa shape index (κ2) is 6.74. The van der Waals surface area contributed by atoms with Crippen LogP contribution in [0.4, 0.5) is 0 Å². The molecule has 0 bridgehead atoms. The van der Waals surface area contributed by atoms with Crippen LogP contribution < -0.4 is 5.73 Å². The molecule has 1 saturated carbocycles. The number of hydrogen-bond donors (Lipinski definition) is 1. The first-order chi connectivity index (χ1) is 7.97. The average Bonchev–Trinajstić information content (AvgIpc) is 2.24. The first-order valence-electron chi connectivity index (χ1n) is 6.97. The Labute approximate surface area is 106 Å². The SMILES string of the molecule is CCS(=O)(=O)CCCC1(N)CCCCCCC1. The fraction of sp³-hybridized carbons (Fsp3) is 1.00. The van der Waals surface area contributed by atoms with Crippen LogP contribution in [0.3, 0.4) is 0 Å². The van der Waals surface area contributed by atoms with Crippen molar-refractivity contribution in [1.29, 1.82) is 0 Å². The second-order valence-electron chi connectivity index (χ2n) is 5.47. The molecule has 4 heteroatoms. The number of rotatable bonds is 5. The van der Waals surface area contributed by atoms with E-state index in [1.165, 1.54) is 32.1 Å². The lowest BCUT2D eigenvalue weighted by molar-refractivity contribution is 0.295. The number of sulfone groups is 1. The van der Waals surface area contributed by atoms with Gasteiger partial charge in [0.2, 0.25) is 0 Å². The van der Waals surface area contributed by atoms with Crippen LogP contribution in [0, 0.1) is 0 Å². The molecule has 0 spiro atoms. The third-order valence-corrected chi connectivity index (χ3v) is 5.71. The molecular formula is C13H27NO2S. The summed E-state index contributed by atoms with van der Waals surface area (Å²) in [4.78, 5) is 0. The van der Waals surface area contributed by atoms with Crippen LogP contribution in [0.2, 0.25) is 0 Å². The smallest absolute Gasteiger partial charge is 0.150 e. The van der Waals surface area contributed by atoms with Crippen LogP contribution in [0.1, 0.15) is 64.7 Å². The fourth-order valence-electron chi connectivity index (χ4n) is 2.65. The lowest BCUT2D eigenvalue weighted by atomic mass is 9.82. The van der Waals surface area contributed by atoms with Crippen LogP contribution in [-0.4, -0.2) is 25.5 Å². The lowest BCUT2D eigenvalue weighted by Gasteiger charge is -2.31. The third kappa shape index (κ3) is 5.87. The van der Waals surface area contributed by atoms with Crippen molar-refractivity contribution in [2.75, 3.05) is 11.5 Å². The molecule has 0 heterocycles. The maximum Gasteiger partial charge on any atom is 0.150 e. The topological polar surface area (TPSA) is 60.2 Å². The van der Waals surface area contributed by atoms with Gasteiger partial charge >= 0.3 is 0 Å². The second-order valence-corrected chi connectivity index (χ2v) is 7.94. The Morgan fingerprint density at radius 1 is 1.06 bits per heavy atom. The van der Waals surface area contributed by atoms with Crippen molar-refractivity contribution in [2.45, 2.75) is 70.3 Å². The molecular weight excluding hydrogens is 234 g/mol. The molecule has 0 aromatic carbocycles. The number of hydrogen-bond acceptors (Lipinski definition) is 3. The Hall–Kier alpha value is -0.0900. The van der Waals surface area contributed by atoms with Crippen LogP contribution in [0.5, 0.6) is 0 Å². The molecule has 17 heavy (non-hydrogen) atoms. The summed E-state index contributed by atoms with van der Waals surface area (Å²) in [6.45, 7) is 1.71. The standard InChI is InChI=1S/C13H27NO2S/c1-2-17(15,16)12-8-11-13(14)9-6-4-3-5-7-10-13/h2-12,14H2,1H3. The van der Waals surface area contributed by atoms with Gasteiger partial charge in [-0.2, -0.15) is 0 Å². The van der Waals surface area contributed by atoms with Crippen molar-refractivity contribution in [1.82, 2.24) is 0 Å². The van der Waals surface area contributed by atoms with Crippen molar-refractivity contribution in [3.8, 4) is 0 Å². The molecule has 0 atom stereocenters. The van der Waals surface area contributed by atoms with E-state index in [9.17, 15) is 8.42 Å². The van der Waals surface area contributed by atoms with Gasteiger partial charge in [0.05, 0.1) is 5.75 Å². The van der Waals surface area contributed by atoms with Gasteiger partial charge < -0.3 is 5.73 Å². The molecule has 1 fully saturated rings. The summed E-state index contributed by atoms with van der Waals surface area (Å²) in [5, 5.41) is 0. The Morgan fingerprint density at radius 2 is 1.59 bits per heavy atom. The summed E-state index contributed by atoms with van der Waals surface area (Å²) in [5.74, 6) is 0.563. The largest absolute Gasteiger partial charge is 0.325 e. The van der Waals surface area contributed by atoms with Crippen LogP contribution in [0.25, 0.3) is 0 Å². The molecule has 1 aliphatic carbocycles. The molecule has 0 saturated heterocycles. The molecule has 2 N–H and O–H groups in total. The van der Waals surface area contributed by atoms with Crippen molar-refractivity contribution in [3.05, 3.63) is 0 Å². The lowest BCUT2D eigenvalue weighted by Crippen LogP contribution is -2.40. The molecule has 1 rings (SSSR count). The first-order valence-corrected chi connectivity index (χ1v) is 8.79. The van der Waals surface area contributed by atoms with Crippen molar-refractivity contribution in [3.63, 3.8) is 0 Å². The van der Waals surface area contributed by atoms with E-state index in [1.807, 2.05) is 0 Å². The predicted octanol–water partition coefficient (Wildman–Crippen LogP) is 2.64. The molecule has 0 aromatic rings. The summed E-state index contributed by atoms with van der Waals surface area (Å²) >= 11 is 0. The zero-order valence-corrected chi connectivity index (χ0v) is 11.9. The van der Waals surface area contributed by atoms with Crippen LogP contribution >= 0.6 is 0 Å². The average molecular weight is 261 g/mol. The zero-order chi connectivity index (χ0) is 12.8. The van der Waals surface area contributed by atoms with E-state index in [4.69, 9.17) is 5.73 Å². The van der Waals surface area contributed by atoms with Gasteiger partial charge in [0, 0.05) is 11.3 Å². The molecule has 102 valence electrons. The predicted molar refractivity (Wildman–Crippen MR) is 72.8 cm³/mol. The fourth-order valence-corrected chi connectivity index (χ4v) is 3.52. The van der Waals surface area contributed by atoms with E-state index in [2.05, 4.69) is 0 Å². The summed E-state index contributed by atoms with van der Waals surface area (Å²) in [6, 6.07) is 0. The Morgan fingerprint density at radius 3 is 2.12 bits per heavy atom. The summed E-state index contributed by atoms with van der Waals surface area (Å²) in [7, 11) is -2.82. The molecule has 0 aliphatic heterocycles. The Kier molecular flexibility index (Phi) is 5.93. The van der Waals surface area contributed by atoms with E-state index < -0.39 is 9.84 Å². The Balaban J connectivity index is 2.37. The van der Waals surface area contributed by atoms with Gasteiger partial charge in [-0.25, -0.2) is 8.42 Å². The maximum atomic E-state index is 11.4. The van der Waals surface area contributed by atoms with Gasteiger partial charge in [0.25, 0.3) is 0 Å². The summed E-state index contributed by atoms with van der Waals surface area (Å²) < 4.78 is 22.9. The van der Waals surface area contributed by atoms with Crippen molar-refractivity contribution in [2.24, 2.45) is 5.73 Å². The highest BCUT2D eigenvalue weighted by molar-refractivity contribution is 7.91.